The molecule has 0 bridgehead atoms. The number of halogens is 1. The zero-order valence-corrected chi connectivity index (χ0v) is 14.2. The zero-order chi connectivity index (χ0) is 16.9. The first-order valence-electron chi connectivity index (χ1n) is 7.73. The molecule has 2 heterocycles. The summed E-state index contributed by atoms with van der Waals surface area (Å²) in [5, 5.41) is 4.66. The number of hydrogen-bond acceptors (Lipinski definition) is 6. The van der Waals surface area contributed by atoms with E-state index >= 15 is 0 Å². The second-order valence-corrected chi connectivity index (χ2v) is 6.05. The van der Waals surface area contributed by atoms with E-state index in [2.05, 4.69) is 15.0 Å². The number of ether oxygens (including phenoxy) is 1. The van der Waals surface area contributed by atoms with Gasteiger partial charge < -0.3 is 14.2 Å². The monoisotopic (exact) mass is 350 g/mol. The molecule has 0 aliphatic carbocycles. The summed E-state index contributed by atoms with van der Waals surface area (Å²) in [5.41, 5.74) is 0.802. The molecule has 24 heavy (non-hydrogen) atoms. The molecule has 1 fully saturated rings. The van der Waals surface area contributed by atoms with Crippen molar-refractivity contribution in [3.63, 3.8) is 0 Å². The van der Waals surface area contributed by atoms with Crippen LogP contribution in [0.25, 0.3) is 11.5 Å². The number of hydrogen-bond donors (Lipinski definition) is 0. The molecule has 1 aromatic carbocycles. The standard InChI is InChI=1S/C16H19ClN4O3/c1-23-11-15(22)21-7-5-20(6-8-21)10-14-18-16(24-19-14)12-3-2-4-13(17)9-12/h2-4,9H,5-8,10-11H2,1H3. The summed E-state index contributed by atoms with van der Waals surface area (Å²) in [6.07, 6.45) is 0. The van der Waals surface area contributed by atoms with Gasteiger partial charge in [-0.1, -0.05) is 22.8 Å². The maximum absolute atomic E-state index is 11.8. The quantitative estimate of drug-likeness (QED) is 0.817. The van der Waals surface area contributed by atoms with Gasteiger partial charge in [0.2, 0.25) is 5.91 Å². The van der Waals surface area contributed by atoms with Gasteiger partial charge in [-0.15, -0.1) is 0 Å². The highest BCUT2D eigenvalue weighted by atomic mass is 35.5. The van der Waals surface area contributed by atoms with Crippen molar-refractivity contribution in [1.29, 1.82) is 0 Å². The van der Waals surface area contributed by atoms with Gasteiger partial charge in [-0.05, 0) is 18.2 Å². The number of amides is 1. The molecule has 1 aliphatic heterocycles. The van der Waals surface area contributed by atoms with Crippen LogP contribution in [0.5, 0.6) is 0 Å². The Kier molecular flexibility index (Phi) is 5.44. The second kappa shape index (κ2) is 7.74. The summed E-state index contributed by atoms with van der Waals surface area (Å²) < 4.78 is 10.2. The first-order chi connectivity index (χ1) is 11.7. The molecule has 128 valence electrons. The number of piperazine rings is 1. The Morgan fingerprint density at radius 3 is 2.83 bits per heavy atom. The van der Waals surface area contributed by atoms with Gasteiger partial charge in [0.25, 0.3) is 5.89 Å². The minimum absolute atomic E-state index is 0.0277. The Balaban J connectivity index is 1.56. The lowest BCUT2D eigenvalue weighted by atomic mass is 10.2. The molecule has 0 unspecified atom stereocenters. The lowest BCUT2D eigenvalue weighted by Gasteiger charge is -2.33. The topological polar surface area (TPSA) is 71.7 Å². The van der Waals surface area contributed by atoms with E-state index in [1.165, 1.54) is 7.11 Å². The Hall–Kier alpha value is -1.96. The van der Waals surface area contributed by atoms with Gasteiger partial charge in [0, 0.05) is 43.9 Å². The van der Waals surface area contributed by atoms with E-state index in [9.17, 15) is 4.79 Å². The van der Waals surface area contributed by atoms with E-state index in [1.54, 1.807) is 12.1 Å². The average Bonchev–Trinajstić information content (AvgIpc) is 3.04. The van der Waals surface area contributed by atoms with E-state index in [4.69, 9.17) is 20.9 Å². The summed E-state index contributed by atoms with van der Waals surface area (Å²) in [5.74, 6) is 1.11. The van der Waals surface area contributed by atoms with Crippen molar-refractivity contribution in [3.8, 4) is 11.5 Å². The number of carbonyl (C=O) groups excluding carboxylic acids is 1. The minimum atomic E-state index is 0.0277. The highest BCUT2D eigenvalue weighted by Gasteiger charge is 2.22. The van der Waals surface area contributed by atoms with Crippen LogP contribution in [0.3, 0.4) is 0 Å². The van der Waals surface area contributed by atoms with Crippen LogP contribution in [-0.4, -0.2) is 65.7 Å². The molecule has 3 rings (SSSR count). The third-order valence-electron chi connectivity index (χ3n) is 3.90. The van der Waals surface area contributed by atoms with Gasteiger partial charge in [-0.25, -0.2) is 0 Å². The van der Waals surface area contributed by atoms with Crippen molar-refractivity contribution in [2.45, 2.75) is 6.54 Å². The smallest absolute Gasteiger partial charge is 0.258 e. The predicted molar refractivity (Wildman–Crippen MR) is 88.5 cm³/mol. The molecule has 0 atom stereocenters. The van der Waals surface area contributed by atoms with Gasteiger partial charge in [-0.2, -0.15) is 4.98 Å². The molecule has 0 N–H and O–H groups in total. The summed E-state index contributed by atoms with van der Waals surface area (Å²) in [4.78, 5) is 20.2. The molecule has 1 aromatic heterocycles. The molecule has 2 aromatic rings. The van der Waals surface area contributed by atoms with Crippen molar-refractivity contribution in [2.75, 3.05) is 39.9 Å². The van der Waals surface area contributed by atoms with Crippen molar-refractivity contribution in [1.82, 2.24) is 19.9 Å². The summed E-state index contributed by atoms with van der Waals surface area (Å²) in [6, 6.07) is 7.31. The molecule has 0 saturated carbocycles. The van der Waals surface area contributed by atoms with Crippen LogP contribution in [-0.2, 0) is 16.1 Å². The number of benzene rings is 1. The number of rotatable bonds is 5. The predicted octanol–water partition coefficient (Wildman–Crippen LogP) is 1.68. The second-order valence-electron chi connectivity index (χ2n) is 5.62. The van der Waals surface area contributed by atoms with Crippen molar-refractivity contribution in [2.24, 2.45) is 0 Å². The van der Waals surface area contributed by atoms with Crippen molar-refractivity contribution in [3.05, 3.63) is 35.1 Å². The number of aromatic nitrogens is 2. The fourth-order valence-electron chi connectivity index (χ4n) is 2.63. The van der Waals surface area contributed by atoms with Crippen LogP contribution >= 0.6 is 11.6 Å². The van der Waals surface area contributed by atoms with Crippen LogP contribution in [0.4, 0.5) is 0 Å². The molecule has 1 aliphatic rings. The molecular formula is C16H19ClN4O3. The normalized spacial score (nSPS) is 15.7. The SMILES string of the molecule is COCC(=O)N1CCN(Cc2noc(-c3cccc(Cl)c3)n2)CC1. The van der Waals surface area contributed by atoms with E-state index in [0.29, 0.717) is 36.4 Å². The first-order valence-corrected chi connectivity index (χ1v) is 8.11. The molecule has 0 radical (unpaired) electrons. The number of carbonyl (C=O) groups is 1. The molecule has 1 saturated heterocycles. The van der Waals surface area contributed by atoms with Gasteiger partial charge in [0.15, 0.2) is 5.82 Å². The maximum atomic E-state index is 11.8. The van der Waals surface area contributed by atoms with Crippen LogP contribution in [0, 0.1) is 0 Å². The Bertz CT molecular complexity index is 698. The lowest BCUT2D eigenvalue weighted by Crippen LogP contribution is -2.49. The van der Waals surface area contributed by atoms with E-state index in [0.717, 1.165) is 18.7 Å². The van der Waals surface area contributed by atoms with Gasteiger partial charge >= 0.3 is 0 Å². The Morgan fingerprint density at radius 2 is 2.12 bits per heavy atom. The highest BCUT2D eigenvalue weighted by molar-refractivity contribution is 6.30. The van der Waals surface area contributed by atoms with Gasteiger partial charge in [0.05, 0.1) is 6.54 Å². The van der Waals surface area contributed by atoms with Gasteiger partial charge in [0.1, 0.15) is 6.61 Å². The first kappa shape index (κ1) is 16.9. The summed E-state index contributed by atoms with van der Waals surface area (Å²) in [7, 11) is 1.53. The molecule has 8 heteroatoms. The Morgan fingerprint density at radius 1 is 1.33 bits per heavy atom. The van der Waals surface area contributed by atoms with E-state index < -0.39 is 0 Å². The fraction of sp³-hybridized carbons (Fsp3) is 0.438. The zero-order valence-electron chi connectivity index (χ0n) is 13.4. The minimum Gasteiger partial charge on any atom is -0.375 e. The van der Waals surface area contributed by atoms with Crippen LogP contribution in [0.2, 0.25) is 5.02 Å². The Labute approximate surface area is 145 Å². The molecular weight excluding hydrogens is 332 g/mol. The maximum Gasteiger partial charge on any atom is 0.258 e. The van der Waals surface area contributed by atoms with Crippen molar-refractivity contribution < 1.29 is 14.1 Å². The van der Waals surface area contributed by atoms with E-state index in [-0.39, 0.29) is 12.5 Å². The van der Waals surface area contributed by atoms with Gasteiger partial charge in [-0.3, -0.25) is 9.69 Å². The third kappa shape index (κ3) is 4.11. The summed E-state index contributed by atoms with van der Waals surface area (Å²) in [6.45, 7) is 3.64. The van der Waals surface area contributed by atoms with Crippen LogP contribution in [0.1, 0.15) is 5.82 Å². The fourth-order valence-corrected chi connectivity index (χ4v) is 2.82. The highest BCUT2D eigenvalue weighted by Crippen LogP contribution is 2.21. The molecule has 1 amide bonds. The lowest BCUT2D eigenvalue weighted by molar-refractivity contribution is -0.136. The largest absolute Gasteiger partial charge is 0.375 e. The summed E-state index contributed by atoms with van der Waals surface area (Å²) >= 11 is 5.98. The van der Waals surface area contributed by atoms with Crippen LogP contribution < -0.4 is 0 Å². The third-order valence-corrected chi connectivity index (χ3v) is 4.13. The number of nitrogens with zero attached hydrogens (tertiary/aromatic N) is 4. The van der Waals surface area contributed by atoms with Crippen LogP contribution in [0.15, 0.2) is 28.8 Å². The molecule has 7 nitrogen and oxygen atoms in total. The van der Waals surface area contributed by atoms with Crippen molar-refractivity contribution >= 4 is 17.5 Å². The number of methoxy groups -OCH3 is 1. The average molecular weight is 351 g/mol. The molecule has 0 spiro atoms. The van der Waals surface area contributed by atoms with E-state index in [1.807, 2.05) is 17.0 Å².